The first-order valence-electron chi connectivity index (χ1n) is 7.07. The number of para-hydroxylation sites is 1. The van der Waals surface area contributed by atoms with E-state index in [1.165, 1.54) is 5.56 Å². The number of carboxylic acid groups (broad SMARTS) is 1. The summed E-state index contributed by atoms with van der Waals surface area (Å²) in [4.78, 5) is 15.2. The first-order valence-corrected chi connectivity index (χ1v) is 7.07. The molecule has 0 aromatic heterocycles. The van der Waals surface area contributed by atoms with E-state index in [0.29, 0.717) is 0 Å². The molecule has 2 atom stereocenters. The van der Waals surface area contributed by atoms with Crippen molar-refractivity contribution in [2.24, 2.45) is 0 Å². The van der Waals surface area contributed by atoms with Crippen molar-refractivity contribution >= 4 is 18.7 Å². The summed E-state index contributed by atoms with van der Waals surface area (Å²) >= 11 is 0. The Kier molecular flexibility index (Phi) is 3.44. The summed E-state index contributed by atoms with van der Waals surface area (Å²) in [5, 5.41) is 18.9. The van der Waals surface area contributed by atoms with E-state index >= 15 is 0 Å². The molecule has 1 aromatic rings. The molecule has 2 N–H and O–H groups in total. The smallest absolute Gasteiger partial charge is 0.376 e. The third-order valence-electron chi connectivity index (χ3n) is 4.49. The Morgan fingerprint density at radius 3 is 2.90 bits per heavy atom. The van der Waals surface area contributed by atoms with Crippen LogP contribution in [0.5, 0.6) is 0 Å². The number of benzene rings is 1. The third-order valence-corrected chi connectivity index (χ3v) is 4.49. The molecule has 0 radical (unpaired) electrons. The molecule has 106 valence electrons. The average Bonchev–Trinajstić information content (AvgIpc) is 2.73. The molecule has 2 aliphatic heterocycles. The highest BCUT2D eigenvalue weighted by atomic mass is 16.4. The van der Waals surface area contributed by atoms with E-state index < -0.39 is 13.0 Å². The van der Waals surface area contributed by atoms with Crippen molar-refractivity contribution in [3.05, 3.63) is 29.8 Å². The molecular weight excluding hydrogens is 255 g/mol. The maximum atomic E-state index is 11.1. The molecule has 6 heteroatoms. The lowest BCUT2D eigenvalue weighted by atomic mass is 9.78. The number of fused-ring (bicyclic) bond motifs is 3. The molecule has 3 rings (SSSR count). The number of anilines is 1. The summed E-state index contributed by atoms with van der Waals surface area (Å²) in [6, 6.07) is 8.28. The standard InChI is InChI=1S/C14H19BN2O3/c1-15(20)16-7-6-13-11(8-16)10-4-2-3-5-12(10)17(13)9-14(18)19/h2-5,11,13,20H,6-9H2,1H3,(H,18,19). The van der Waals surface area contributed by atoms with Crippen LogP contribution >= 0.6 is 0 Å². The third kappa shape index (κ3) is 2.19. The zero-order valence-electron chi connectivity index (χ0n) is 11.6. The van der Waals surface area contributed by atoms with Crippen molar-refractivity contribution in [3.63, 3.8) is 0 Å². The quantitative estimate of drug-likeness (QED) is 0.800. The first kappa shape index (κ1) is 13.5. The van der Waals surface area contributed by atoms with Crippen LogP contribution in [0.15, 0.2) is 24.3 Å². The number of carbonyl (C=O) groups is 1. The molecule has 1 fully saturated rings. The lowest BCUT2D eigenvalue weighted by Crippen LogP contribution is -2.51. The van der Waals surface area contributed by atoms with E-state index in [1.807, 2.05) is 23.1 Å². The molecule has 2 aliphatic rings. The molecule has 0 aliphatic carbocycles. The molecule has 1 aromatic carbocycles. The van der Waals surface area contributed by atoms with Gasteiger partial charge in [-0.3, -0.25) is 4.79 Å². The number of rotatable bonds is 3. The van der Waals surface area contributed by atoms with Crippen LogP contribution in [0.25, 0.3) is 0 Å². The summed E-state index contributed by atoms with van der Waals surface area (Å²) in [5.74, 6) is -0.507. The van der Waals surface area contributed by atoms with Crippen LogP contribution in [0, 0.1) is 0 Å². The second-order valence-corrected chi connectivity index (χ2v) is 5.67. The molecule has 0 saturated carbocycles. The zero-order chi connectivity index (χ0) is 14.3. The minimum Gasteiger partial charge on any atom is -0.480 e. The van der Waals surface area contributed by atoms with E-state index in [1.54, 1.807) is 6.82 Å². The Balaban J connectivity index is 1.92. The summed E-state index contributed by atoms with van der Waals surface area (Å²) < 4.78 is 0. The van der Waals surface area contributed by atoms with Crippen LogP contribution in [0.3, 0.4) is 0 Å². The van der Waals surface area contributed by atoms with Gasteiger partial charge >= 0.3 is 13.0 Å². The topological polar surface area (TPSA) is 64.0 Å². The fourth-order valence-corrected chi connectivity index (χ4v) is 3.57. The summed E-state index contributed by atoms with van der Waals surface area (Å²) in [5.41, 5.74) is 2.25. The maximum absolute atomic E-state index is 11.1. The van der Waals surface area contributed by atoms with Crippen LogP contribution < -0.4 is 4.90 Å². The minimum absolute atomic E-state index is 0.0485. The molecule has 0 amide bonds. The van der Waals surface area contributed by atoms with Crippen molar-refractivity contribution in [2.45, 2.75) is 25.2 Å². The van der Waals surface area contributed by atoms with Crippen LogP contribution in [-0.4, -0.2) is 53.6 Å². The maximum Gasteiger partial charge on any atom is 0.376 e. The Morgan fingerprint density at radius 1 is 1.45 bits per heavy atom. The van der Waals surface area contributed by atoms with Gasteiger partial charge in [-0.2, -0.15) is 0 Å². The predicted octanol–water partition coefficient (Wildman–Crippen LogP) is 0.859. The van der Waals surface area contributed by atoms with Gasteiger partial charge in [0.25, 0.3) is 0 Å². The second kappa shape index (κ2) is 5.11. The first-order chi connectivity index (χ1) is 9.58. The lowest BCUT2D eigenvalue weighted by Gasteiger charge is -2.39. The van der Waals surface area contributed by atoms with Gasteiger partial charge in [0.2, 0.25) is 0 Å². The second-order valence-electron chi connectivity index (χ2n) is 5.67. The predicted molar refractivity (Wildman–Crippen MR) is 78.0 cm³/mol. The van der Waals surface area contributed by atoms with Crippen LogP contribution in [0.1, 0.15) is 17.9 Å². The molecule has 0 bridgehead atoms. The van der Waals surface area contributed by atoms with Gasteiger partial charge in [-0.05, 0) is 38.0 Å². The van der Waals surface area contributed by atoms with Crippen molar-refractivity contribution in [2.75, 3.05) is 24.5 Å². The molecule has 0 spiro atoms. The Hall–Kier alpha value is -1.53. The van der Waals surface area contributed by atoms with Crippen LogP contribution in [-0.2, 0) is 4.79 Å². The van der Waals surface area contributed by atoms with E-state index in [-0.39, 0.29) is 18.5 Å². The molecular formula is C14H19BN2O3. The van der Waals surface area contributed by atoms with E-state index in [2.05, 4.69) is 10.9 Å². The van der Waals surface area contributed by atoms with Gasteiger partial charge in [-0.15, -0.1) is 0 Å². The highest BCUT2D eigenvalue weighted by Gasteiger charge is 2.43. The lowest BCUT2D eigenvalue weighted by molar-refractivity contribution is -0.135. The van der Waals surface area contributed by atoms with Gasteiger partial charge in [0.1, 0.15) is 6.54 Å². The van der Waals surface area contributed by atoms with Crippen LogP contribution in [0.2, 0.25) is 6.82 Å². The summed E-state index contributed by atoms with van der Waals surface area (Å²) in [6.07, 6.45) is 0.886. The molecule has 1 saturated heterocycles. The number of nitrogens with zero attached hydrogens (tertiary/aromatic N) is 2. The number of carboxylic acids is 1. The normalized spacial score (nSPS) is 25.2. The monoisotopic (exact) mass is 274 g/mol. The van der Waals surface area contributed by atoms with Gasteiger partial charge in [0.15, 0.2) is 0 Å². The molecule has 5 nitrogen and oxygen atoms in total. The van der Waals surface area contributed by atoms with Crippen LogP contribution in [0.4, 0.5) is 5.69 Å². The van der Waals surface area contributed by atoms with E-state index in [4.69, 9.17) is 5.11 Å². The highest BCUT2D eigenvalue weighted by molar-refractivity contribution is 6.45. The van der Waals surface area contributed by atoms with Gasteiger partial charge in [-0.1, -0.05) is 18.2 Å². The van der Waals surface area contributed by atoms with Gasteiger partial charge < -0.3 is 19.8 Å². The fraction of sp³-hybridized carbons (Fsp3) is 0.500. The largest absolute Gasteiger partial charge is 0.480 e. The fourth-order valence-electron chi connectivity index (χ4n) is 3.57. The number of hydrogen-bond acceptors (Lipinski definition) is 4. The average molecular weight is 274 g/mol. The number of piperidine rings is 1. The van der Waals surface area contributed by atoms with Crippen molar-refractivity contribution in [1.82, 2.24) is 4.81 Å². The van der Waals surface area contributed by atoms with Gasteiger partial charge in [-0.25, -0.2) is 0 Å². The van der Waals surface area contributed by atoms with E-state index in [0.717, 1.165) is 25.2 Å². The Bertz CT molecular complexity index is 523. The summed E-state index contributed by atoms with van der Waals surface area (Å²) in [7, 11) is -0.448. The van der Waals surface area contributed by atoms with E-state index in [9.17, 15) is 9.82 Å². The van der Waals surface area contributed by atoms with Crippen molar-refractivity contribution in [1.29, 1.82) is 0 Å². The summed E-state index contributed by atoms with van der Waals surface area (Å²) in [6.45, 7) is 3.43. The number of hydrogen-bond donors (Lipinski definition) is 2. The molecule has 2 heterocycles. The molecule has 20 heavy (non-hydrogen) atoms. The highest BCUT2D eigenvalue weighted by Crippen LogP contribution is 2.44. The van der Waals surface area contributed by atoms with Crippen molar-refractivity contribution in [3.8, 4) is 0 Å². The SMILES string of the molecule is CB(O)N1CCC2C(C1)c1ccccc1N2CC(=O)O. The van der Waals surface area contributed by atoms with Gasteiger partial charge in [0, 0.05) is 17.6 Å². The Labute approximate surface area is 118 Å². The zero-order valence-corrected chi connectivity index (χ0v) is 11.6. The number of aliphatic carboxylic acids is 1. The minimum atomic E-state index is -0.793. The Morgan fingerprint density at radius 2 is 2.20 bits per heavy atom. The molecule has 2 unspecified atom stereocenters. The van der Waals surface area contributed by atoms with Gasteiger partial charge in [0.05, 0.1) is 0 Å². The van der Waals surface area contributed by atoms with Crippen molar-refractivity contribution < 1.29 is 14.9 Å².